The van der Waals surface area contributed by atoms with E-state index < -0.39 is 183 Å². The highest BCUT2D eigenvalue weighted by molar-refractivity contribution is 7.14. The number of nitrogens with one attached hydrogen (secondary N) is 8. The van der Waals surface area contributed by atoms with Crippen LogP contribution < -0.4 is 71.6 Å². The van der Waals surface area contributed by atoms with Crippen LogP contribution in [-0.4, -0.2) is 268 Å². The molecule has 6 rings (SSSR count). The van der Waals surface area contributed by atoms with Gasteiger partial charge in [0.05, 0.1) is 72.7 Å². The van der Waals surface area contributed by atoms with E-state index in [1.807, 2.05) is 0 Å². The van der Waals surface area contributed by atoms with E-state index in [1.165, 1.54) is 50.4 Å². The number of aromatic nitrogens is 6. The van der Waals surface area contributed by atoms with Crippen molar-refractivity contribution in [3.05, 3.63) is 56.8 Å². The van der Waals surface area contributed by atoms with Gasteiger partial charge >= 0.3 is 6.09 Å². The van der Waals surface area contributed by atoms with Crippen molar-refractivity contribution in [1.29, 1.82) is 0 Å². The molecule has 2 fully saturated rings. The number of carbonyl (C=O) groups excluding carboxylic acids is 8. The maximum atomic E-state index is 15.2. The number of amides is 8. The summed E-state index contributed by atoms with van der Waals surface area (Å²) in [6.45, 7) is 5.29. The molecule has 2 aliphatic rings. The minimum atomic E-state index is -2.20. The highest BCUT2D eigenvalue weighted by Crippen LogP contribution is 2.35. The Bertz CT molecular complexity index is 3330. The second-order valence-electron chi connectivity index (χ2n) is 23.4. The highest BCUT2D eigenvalue weighted by Gasteiger charge is 2.54. The summed E-state index contributed by atoms with van der Waals surface area (Å²) in [5.74, 6) is -8.74. The summed E-state index contributed by atoms with van der Waals surface area (Å²) in [5.41, 5.74) is 33.6. The smallest absolute Gasteiger partial charge is 0.404 e. The van der Waals surface area contributed by atoms with Gasteiger partial charge in [0.2, 0.25) is 29.5 Å². The van der Waals surface area contributed by atoms with E-state index in [-0.39, 0.29) is 66.4 Å². The van der Waals surface area contributed by atoms with Gasteiger partial charge in [-0.2, -0.15) is 0 Å². The summed E-state index contributed by atoms with van der Waals surface area (Å²) in [4.78, 5) is 131. The number of halogens is 1. The number of ether oxygens (including phenoxy) is 5. The van der Waals surface area contributed by atoms with Crippen LogP contribution in [0.5, 0.6) is 0 Å². The Balaban J connectivity index is 0.0000180. The van der Waals surface area contributed by atoms with E-state index in [1.54, 1.807) is 10.8 Å². The molecule has 0 aromatic carbocycles. The molecular formula is C57H90ClN19O21S2. The van der Waals surface area contributed by atoms with Crippen molar-refractivity contribution in [3.63, 3.8) is 0 Å². The first-order valence-corrected chi connectivity index (χ1v) is 33.1. The van der Waals surface area contributed by atoms with Gasteiger partial charge in [-0.1, -0.05) is 6.92 Å². The Labute approximate surface area is 585 Å². The van der Waals surface area contributed by atoms with E-state index in [0.29, 0.717) is 28.8 Å². The number of imidazole rings is 1. The summed E-state index contributed by atoms with van der Waals surface area (Å²) >= 11 is 2.50. The number of aromatic amines is 1. The van der Waals surface area contributed by atoms with Crippen LogP contribution in [0, 0.1) is 12.8 Å². The van der Waals surface area contributed by atoms with Crippen LogP contribution in [0.2, 0.25) is 0 Å². The van der Waals surface area contributed by atoms with Crippen molar-refractivity contribution in [2.45, 2.75) is 170 Å². The SMILES string of the molecule is Cc1c(N)nc(C(CC(N)=O)NCC(N)C(N)=O)nc1C(=O)NC(C(=O)NC(C)C(O)C(C)C(=O)NC(C(=O)NCCc1nc(-c2nc(C(=O)NCCCNCCCCN)cs2)cs1)C(C)O)C(OC1OC(CO)C(O)C(O)C1OC1OC(CO)C(O)C(OC(N)=O)C1O)c1cnc[nH]1.Cl. The number of hydrogen-bond acceptors (Lipinski definition) is 33. The molecule has 8 amide bonds. The molecule has 43 heteroatoms. The maximum absolute atomic E-state index is 15.2. The number of rotatable bonds is 39. The normalized spacial score (nSPS) is 23.3. The van der Waals surface area contributed by atoms with Crippen LogP contribution in [0.25, 0.3) is 10.7 Å². The van der Waals surface area contributed by atoms with Crippen LogP contribution in [-0.2, 0) is 54.1 Å². The average molecular weight is 1480 g/mol. The number of nitrogens with zero attached hydrogens (tertiary/aromatic N) is 5. The first-order chi connectivity index (χ1) is 47.0. The first kappa shape index (κ1) is 83.2. The standard InChI is InChI=1S/C57H89N19O21S2.ClH/c1-22-35(73-48(76-46(22)61)27(14-33(60)80)68-15-26(59)47(62)86)52(90)75-37(43(28-16-65-21-69-28)95-56-45(41(84)39(82)31(17-77)94-56)96-55-42(85)44(97-57(63)92)40(83)32(18-78)93-55)53(91)70-24(3)38(81)23(2)49(87)74-36(25(4)79)51(89)67-13-8-34-71-30(20-98-34)54-72-29(19-99-54)50(88)66-12-7-11-64-10-6-5-9-58;/h16,19-21,23-27,31-32,36-45,55-56,64,68,77-79,81-85H,5-15,17-18,58-59H2,1-4H3,(H2,60,80)(H2,62,86)(H2,63,92)(H,65,69)(H,66,88)(H,67,89)(H,70,91)(H,74,87)(H,75,90)(H2,61,73,76);1H. The molecule has 0 saturated carbocycles. The molecule has 6 heterocycles. The number of anilines is 1. The molecule has 4 aromatic rings. The van der Waals surface area contributed by atoms with Gasteiger partial charge in [-0.15, -0.1) is 35.1 Å². The van der Waals surface area contributed by atoms with Gasteiger partial charge < -0.3 is 141 Å². The number of nitrogens with two attached hydrogens (primary N) is 6. The fourth-order valence-electron chi connectivity index (χ4n) is 10.2. The fraction of sp³-hybridized carbons (Fsp3) is 0.632. The number of aliphatic hydroxyl groups excluding tert-OH is 8. The van der Waals surface area contributed by atoms with Crippen molar-refractivity contribution in [2.24, 2.45) is 34.6 Å². The van der Waals surface area contributed by atoms with Crippen molar-refractivity contribution in [3.8, 4) is 10.7 Å². The molecule has 19 unspecified atom stereocenters. The highest BCUT2D eigenvalue weighted by atomic mass is 35.5. The lowest BCUT2D eigenvalue weighted by Gasteiger charge is -2.47. The van der Waals surface area contributed by atoms with Gasteiger partial charge in [0, 0.05) is 48.8 Å². The summed E-state index contributed by atoms with van der Waals surface area (Å²) in [7, 11) is 0. The number of nitrogen functional groups attached to an aromatic ring is 1. The lowest BCUT2D eigenvalue weighted by Crippen LogP contribution is -2.65. The summed E-state index contributed by atoms with van der Waals surface area (Å²) in [6, 6.07) is -7.87. The lowest BCUT2D eigenvalue weighted by atomic mass is 9.96. The van der Waals surface area contributed by atoms with Gasteiger partial charge in [-0.05, 0) is 59.7 Å². The molecule has 28 N–H and O–H groups in total. The van der Waals surface area contributed by atoms with E-state index in [0.717, 1.165) is 44.9 Å². The molecular weight excluding hydrogens is 1390 g/mol. The number of thiazole rings is 2. The Kier molecular flexibility index (Phi) is 33.0. The van der Waals surface area contributed by atoms with Crippen molar-refractivity contribution in [2.75, 3.05) is 58.2 Å². The lowest BCUT2D eigenvalue weighted by molar-refractivity contribution is -0.372. The average Bonchev–Trinajstić information content (AvgIpc) is 0.853. The number of hydrogen-bond donors (Lipinski definition) is 22. The third-order valence-electron chi connectivity index (χ3n) is 15.9. The van der Waals surface area contributed by atoms with E-state index in [9.17, 15) is 74.4 Å². The number of H-pyrrole nitrogens is 1. The molecule has 0 spiro atoms. The molecule has 40 nitrogen and oxygen atoms in total. The molecule has 2 saturated heterocycles. The second kappa shape index (κ2) is 39.7. The van der Waals surface area contributed by atoms with Crippen molar-refractivity contribution in [1.82, 2.24) is 67.1 Å². The first-order valence-electron chi connectivity index (χ1n) is 31.4. The molecule has 0 aliphatic carbocycles. The summed E-state index contributed by atoms with van der Waals surface area (Å²) in [6.07, 6.45) is -22.5. The minimum Gasteiger partial charge on any atom is -0.441 e. The fourth-order valence-corrected chi connectivity index (χ4v) is 11.8. The summed E-state index contributed by atoms with van der Waals surface area (Å²) < 4.78 is 28.7. The minimum absolute atomic E-state index is 0. The number of primary amides is 3. The Morgan fingerprint density at radius 1 is 0.750 bits per heavy atom. The van der Waals surface area contributed by atoms with Gasteiger partial charge in [0.25, 0.3) is 11.8 Å². The maximum Gasteiger partial charge on any atom is 0.404 e. The van der Waals surface area contributed by atoms with E-state index in [4.69, 9.17) is 58.1 Å². The van der Waals surface area contributed by atoms with Crippen LogP contribution in [0.15, 0.2) is 23.3 Å². The predicted octanol–water partition coefficient (Wildman–Crippen LogP) is -7.83. The number of aliphatic hydroxyl groups is 8. The molecule has 0 bridgehead atoms. The van der Waals surface area contributed by atoms with Crippen LogP contribution in [0.1, 0.15) is 102 Å². The predicted molar refractivity (Wildman–Crippen MR) is 353 cm³/mol. The van der Waals surface area contributed by atoms with Crippen LogP contribution in [0.3, 0.4) is 0 Å². The van der Waals surface area contributed by atoms with E-state index >= 15 is 4.79 Å². The topological polar surface area (TPSA) is 665 Å². The zero-order valence-electron chi connectivity index (χ0n) is 54.8. The van der Waals surface area contributed by atoms with Crippen molar-refractivity contribution < 1.29 is 103 Å². The van der Waals surface area contributed by atoms with Crippen LogP contribution in [0.4, 0.5) is 10.6 Å². The zero-order valence-corrected chi connectivity index (χ0v) is 57.2. The third kappa shape index (κ3) is 22.8. The molecule has 0 radical (unpaired) electrons. The van der Waals surface area contributed by atoms with E-state index in [2.05, 4.69) is 67.1 Å². The summed E-state index contributed by atoms with van der Waals surface area (Å²) in [5, 5.41) is 111. The van der Waals surface area contributed by atoms with Gasteiger partial charge in [0.15, 0.2) is 18.7 Å². The zero-order chi connectivity index (χ0) is 72.9. The molecule has 558 valence electrons. The molecule has 4 aromatic heterocycles. The molecule has 19 atom stereocenters. The number of unbranched alkanes of at least 4 members (excludes halogenated alkanes) is 1. The largest absolute Gasteiger partial charge is 0.441 e. The Morgan fingerprint density at radius 3 is 2.08 bits per heavy atom. The monoisotopic (exact) mass is 1480 g/mol. The van der Waals surface area contributed by atoms with Crippen molar-refractivity contribution >= 4 is 88.3 Å². The second-order valence-corrected chi connectivity index (χ2v) is 25.2. The number of carbonyl (C=O) groups is 8. The Morgan fingerprint density at radius 2 is 1.44 bits per heavy atom. The Hall–Kier alpha value is -7.44. The third-order valence-corrected chi connectivity index (χ3v) is 17.7. The van der Waals surface area contributed by atoms with Gasteiger partial charge in [0.1, 0.15) is 94.6 Å². The van der Waals surface area contributed by atoms with Gasteiger partial charge in [-0.25, -0.2) is 29.7 Å². The van der Waals surface area contributed by atoms with Gasteiger partial charge in [-0.3, -0.25) is 33.6 Å². The van der Waals surface area contributed by atoms with Crippen LogP contribution >= 0.6 is 35.1 Å². The quantitative estimate of drug-likeness (QED) is 0.0185. The molecule has 100 heavy (non-hydrogen) atoms. The molecule has 2 aliphatic heterocycles.